The van der Waals surface area contributed by atoms with E-state index >= 15 is 0 Å². The normalized spacial score (nSPS) is 9.00. The Labute approximate surface area is 66.9 Å². The summed E-state index contributed by atoms with van der Waals surface area (Å²) in [5, 5.41) is 16.6. The predicted octanol–water partition coefficient (Wildman–Crippen LogP) is 0.791. The topological polar surface area (TPSA) is 74.0 Å². The van der Waals surface area contributed by atoms with Crippen molar-refractivity contribution in [2.24, 2.45) is 0 Å². The maximum atomic E-state index is 12.7. The number of aromatic carboxylic acids is 1. The lowest BCUT2D eigenvalue weighted by Crippen LogP contribution is -2.01. The van der Waals surface area contributed by atoms with E-state index in [1.54, 1.807) is 0 Å². The van der Waals surface area contributed by atoms with E-state index in [2.05, 4.69) is 4.98 Å². The van der Waals surface area contributed by atoms with Crippen molar-refractivity contribution in [3.63, 3.8) is 0 Å². The summed E-state index contributed by atoms with van der Waals surface area (Å²) in [5.41, 5.74) is -0.675. The van der Waals surface area contributed by atoms with Crippen molar-refractivity contribution in [2.45, 2.75) is 0 Å². The molecule has 1 aromatic rings. The number of carboxylic acids is 1. The number of carbonyl (C=O) groups is 1. The maximum absolute atomic E-state index is 12.7. The summed E-state index contributed by atoms with van der Waals surface area (Å²) in [4.78, 5) is 13.6. The van der Waals surface area contributed by atoms with Gasteiger partial charge in [-0.1, -0.05) is 0 Å². The maximum Gasteiger partial charge on any atom is 0.354 e. The molecule has 0 bridgehead atoms. The van der Waals surface area contributed by atoms with Crippen LogP contribution in [0.5, 0.6) is 0 Å². The van der Waals surface area contributed by atoms with Gasteiger partial charge in [-0.05, 0) is 0 Å². The molecular weight excluding hydrogens is 163 g/mol. The summed E-state index contributed by atoms with van der Waals surface area (Å²) in [6.45, 7) is 0. The monoisotopic (exact) mass is 166 g/mol. The second kappa shape index (κ2) is 2.96. The van der Waals surface area contributed by atoms with Gasteiger partial charge in [-0.15, -0.1) is 0 Å². The Morgan fingerprint density at radius 1 is 1.75 bits per heavy atom. The average Bonchev–Trinajstić information content (AvgIpc) is 2.04. The van der Waals surface area contributed by atoms with Crippen LogP contribution in [0.15, 0.2) is 12.3 Å². The van der Waals surface area contributed by atoms with E-state index < -0.39 is 17.5 Å². The molecule has 0 spiro atoms. The fraction of sp³-hybridized carbons (Fsp3) is 0. The molecule has 0 atom stereocenters. The number of carboxylic acid groups (broad SMARTS) is 1. The quantitative estimate of drug-likeness (QED) is 0.669. The van der Waals surface area contributed by atoms with Crippen LogP contribution in [-0.2, 0) is 0 Å². The summed E-state index contributed by atoms with van der Waals surface area (Å²) in [5.74, 6) is -2.19. The Hall–Kier alpha value is -1.96. The van der Waals surface area contributed by atoms with Crippen LogP contribution in [0, 0.1) is 17.1 Å². The molecule has 12 heavy (non-hydrogen) atoms. The summed E-state index contributed by atoms with van der Waals surface area (Å²) in [6, 6.07) is 2.24. The van der Waals surface area contributed by atoms with Gasteiger partial charge in [0.15, 0.2) is 5.69 Å². The van der Waals surface area contributed by atoms with E-state index in [1.165, 1.54) is 6.07 Å². The summed E-state index contributed by atoms with van der Waals surface area (Å²) < 4.78 is 12.7. The highest BCUT2D eigenvalue weighted by atomic mass is 19.1. The van der Waals surface area contributed by atoms with Crippen LogP contribution in [0.1, 0.15) is 16.1 Å². The van der Waals surface area contributed by atoms with Crippen molar-refractivity contribution in [2.75, 3.05) is 0 Å². The first-order chi connectivity index (χ1) is 5.65. The SMILES string of the molecule is N#Cc1cnc(C(=O)O)cc1F. The van der Waals surface area contributed by atoms with Crippen LogP contribution in [0.2, 0.25) is 0 Å². The van der Waals surface area contributed by atoms with Crippen LogP contribution >= 0.6 is 0 Å². The Morgan fingerprint density at radius 2 is 2.42 bits per heavy atom. The van der Waals surface area contributed by atoms with Gasteiger partial charge >= 0.3 is 5.97 Å². The van der Waals surface area contributed by atoms with Gasteiger partial charge in [-0.2, -0.15) is 5.26 Å². The summed E-state index contributed by atoms with van der Waals surface area (Å²) >= 11 is 0. The van der Waals surface area contributed by atoms with Crippen LogP contribution in [-0.4, -0.2) is 16.1 Å². The highest BCUT2D eigenvalue weighted by Gasteiger charge is 2.08. The third-order valence-corrected chi connectivity index (χ3v) is 1.19. The number of nitriles is 1. The van der Waals surface area contributed by atoms with Crippen LogP contribution < -0.4 is 0 Å². The summed E-state index contributed by atoms with van der Waals surface area (Å²) in [7, 11) is 0. The summed E-state index contributed by atoms with van der Waals surface area (Å²) in [6.07, 6.45) is 0.888. The van der Waals surface area contributed by atoms with E-state index in [0.29, 0.717) is 6.07 Å². The molecule has 0 radical (unpaired) electrons. The molecule has 0 unspecified atom stereocenters. The molecule has 0 fully saturated rings. The lowest BCUT2D eigenvalue weighted by molar-refractivity contribution is 0.0690. The van der Waals surface area contributed by atoms with E-state index in [4.69, 9.17) is 10.4 Å². The first kappa shape index (κ1) is 8.14. The van der Waals surface area contributed by atoms with Crippen LogP contribution in [0.25, 0.3) is 0 Å². The molecule has 60 valence electrons. The molecule has 1 N–H and O–H groups in total. The molecule has 0 saturated carbocycles. The van der Waals surface area contributed by atoms with Gasteiger partial charge in [0.05, 0.1) is 0 Å². The average molecular weight is 166 g/mol. The molecular formula is C7H3FN2O2. The largest absolute Gasteiger partial charge is 0.477 e. The van der Waals surface area contributed by atoms with Crippen molar-refractivity contribution >= 4 is 5.97 Å². The molecule has 0 aromatic carbocycles. The Morgan fingerprint density at radius 3 is 2.83 bits per heavy atom. The van der Waals surface area contributed by atoms with Crippen molar-refractivity contribution in [1.82, 2.24) is 4.98 Å². The lowest BCUT2D eigenvalue weighted by Gasteiger charge is -1.94. The minimum Gasteiger partial charge on any atom is -0.477 e. The van der Waals surface area contributed by atoms with Gasteiger partial charge in [-0.25, -0.2) is 14.2 Å². The first-order valence-corrected chi connectivity index (χ1v) is 2.94. The molecule has 0 amide bonds. The zero-order chi connectivity index (χ0) is 9.14. The minimum absolute atomic E-state index is 0.264. The molecule has 0 saturated heterocycles. The van der Waals surface area contributed by atoms with Crippen molar-refractivity contribution in [1.29, 1.82) is 5.26 Å². The molecule has 0 aliphatic heterocycles. The number of hydrogen-bond acceptors (Lipinski definition) is 3. The molecule has 0 aliphatic rings. The van der Waals surface area contributed by atoms with Crippen molar-refractivity contribution in [3.8, 4) is 6.07 Å². The van der Waals surface area contributed by atoms with E-state index in [9.17, 15) is 9.18 Å². The fourth-order valence-corrected chi connectivity index (χ4v) is 0.630. The van der Waals surface area contributed by atoms with E-state index in [-0.39, 0.29) is 5.56 Å². The van der Waals surface area contributed by atoms with E-state index in [0.717, 1.165) is 6.20 Å². The fourth-order valence-electron chi connectivity index (χ4n) is 0.630. The second-order valence-electron chi connectivity index (χ2n) is 1.97. The standard InChI is InChI=1S/C7H3FN2O2/c8-5-1-6(7(11)12)10-3-4(5)2-9/h1,3H,(H,11,12). The number of halogens is 1. The Bertz CT molecular complexity index is 370. The Kier molecular flexibility index (Phi) is 2.01. The number of nitrogens with zero attached hydrogens (tertiary/aromatic N) is 2. The number of rotatable bonds is 1. The van der Waals surface area contributed by atoms with Gasteiger partial charge in [0.2, 0.25) is 0 Å². The molecule has 1 rings (SSSR count). The lowest BCUT2D eigenvalue weighted by atomic mass is 10.2. The number of hydrogen-bond donors (Lipinski definition) is 1. The number of aromatic nitrogens is 1. The van der Waals surface area contributed by atoms with Gasteiger partial charge in [0.1, 0.15) is 17.4 Å². The van der Waals surface area contributed by atoms with Gasteiger partial charge in [-0.3, -0.25) is 0 Å². The molecule has 5 heteroatoms. The highest BCUT2D eigenvalue weighted by Crippen LogP contribution is 2.05. The van der Waals surface area contributed by atoms with Gasteiger partial charge < -0.3 is 5.11 Å². The predicted molar refractivity (Wildman–Crippen MR) is 35.9 cm³/mol. The zero-order valence-electron chi connectivity index (χ0n) is 5.78. The molecule has 0 aliphatic carbocycles. The zero-order valence-corrected chi connectivity index (χ0v) is 5.78. The van der Waals surface area contributed by atoms with Crippen molar-refractivity contribution < 1.29 is 14.3 Å². The third-order valence-electron chi connectivity index (χ3n) is 1.19. The smallest absolute Gasteiger partial charge is 0.354 e. The third kappa shape index (κ3) is 1.37. The first-order valence-electron chi connectivity index (χ1n) is 2.94. The van der Waals surface area contributed by atoms with E-state index in [1.807, 2.05) is 0 Å². The number of pyridine rings is 1. The van der Waals surface area contributed by atoms with Crippen molar-refractivity contribution in [3.05, 3.63) is 29.3 Å². The second-order valence-corrected chi connectivity index (χ2v) is 1.97. The molecule has 1 aromatic heterocycles. The minimum atomic E-state index is -1.32. The van der Waals surface area contributed by atoms with Gasteiger partial charge in [0, 0.05) is 12.3 Å². The van der Waals surface area contributed by atoms with Gasteiger partial charge in [0.25, 0.3) is 0 Å². The molecule has 4 nitrogen and oxygen atoms in total. The Balaban J connectivity index is 3.21. The molecule has 1 heterocycles. The highest BCUT2D eigenvalue weighted by molar-refractivity contribution is 5.85. The van der Waals surface area contributed by atoms with Crippen LogP contribution in [0.4, 0.5) is 4.39 Å². The van der Waals surface area contributed by atoms with Crippen LogP contribution in [0.3, 0.4) is 0 Å².